The largest absolute Gasteiger partial charge is 0.322 e. The summed E-state index contributed by atoms with van der Waals surface area (Å²) in [6, 6.07) is 12.0. The van der Waals surface area contributed by atoms with E-state index in [1.807, 2.05) is 29.7 Å². The maximum absolute atomic E-state index is 6.04. The highest BCUT2D eigenvalue weighted by Gasteiger charge is 2.15. The van der Waals surface area contributed by atoms with Gasteiger partial charge < -0.3 is 5.73 Å². The van der Waals surface area contributed by atoms with Crippen molar-refractivity contribution in [3.05, 3.63) is 54.0 Å². The van der Waals surface area contributed by atoms with E-state index in [9.17, 15) is 0 Å². The lowest BCUT2D eigenvalue weighted by atomic mass is 10.2. The molecular weight excluding hydrogens is 236 g/mol. The molecule has 96 valence electrons. The van der Waals surface area contributed by atoms with Crippen LogP contribution in [0.25, 0.3) is 16.9 Å². The summed E-state index contributed by atoms with van der Waals surface area (Å²) in [5.74, 6) is 0.833. The van der Waals surface area contributed by atoms with E-state index in [2.05, 4.69) is 35.1 Å². The number of fused-ring (bicyclic) bond motifs is 1. The molecule has 2 N–H and O–H groups in total. The van der Waals surface area contributed by atoms with Gasteiger partial charge >= 0.3 is 0 Å². The fourth-order valence-corrected chi connectivity index (χ4v) is 2.26. The van der Waals surface area contributed by atoms with E-state index in [0.717, 1.165) is 22.7 Å². The molecule has 1 atom stereocenters. The molecule has 2 aromatic heterocycles. The first kappa shape index (κ1) is 11.9. The van der Waals surface area contributed by atoms with Crippen LogP contribution >= 0.6 is 0 Å². The van der Waals surface area contributed by atoms with E-state index in [1.54, 1.807) is 6.20 Å². The number of aromatic nitrogens is 3. The minimum Gasteiger partial charge on any atom is -0.322 e. The van der Waals surface area contributed by atoms with Gasteiger partial charge in [0.2, 0.25) is 0 Å². The number of hydrogen-bond donors (Lipinski definition) is 1. The van der Waals surface area contributed by atoms with Crippen LogP contribution in [-0.2, 0) is 0 Å². The summed E-state index contributed by atoms with van der Waals surface area (Å²) in [5.41, 5.74) is 10.0. The standard InChI is InChI=1S/C15H16N4/c1-10-5-3-6-12(9-10)19-14(11(2)16)18-13-7-4-8-17-15(13)19/h3-9,11H,16H2,1-2H3. The molecule has 0 aliphatic heterocycles. The van der Waals surface area contributed by atoms with Crippen LogP contribution in [0, 0.1) is 6.92 Å². The highest BCUT2D eigenvalue weighted by molar-refractivity contribution is 5.74. The number of pyridine rings is 1. The van der Waals surface area contributed by atoms with Gasteiger partial charge in [-0.2, -0.15) is 0 Å². The molecule has 3 aromatic rings. The number of nitrogens with zero attached hydrogens (tertiary/aromatic N) is 3. The van der Waals surface area contributed by atoms with Crippen LogP contribution < -0.4 is 5.73 Å². The first-order chi connectivity index (χ1) is 9.16. The van der Waals surface area contributed by atoms with Crippen LogP contribution in [0.2, 0.25) is 0 Å². The zero-order valence-corrected chi connectivity index (χ0v) is 11.0. The van der Waals surface area contributed by atoms with Crippen LogP contribution in [0.5, 0.6) is 0 Å². The van der Waals surface area contributed by atoms with E-state index in [0.29, 0.717) is 0 Å². The van der Waals surface area contributed by atoms with Crippen LogP contribution in [-0.4, -0.2) is 14.5 Å². The molecule has 3 rings (SSSR count). The van der Waals surface area contributed by atoms with E-state index < -0.39 is 0 Å². The van der Waals surface area contributed by atoms with E-state index >= 15 is 0 Å². The molecule has 2 heterocycles. The lowest BCUT2D eigenvalue weighted by molar-refractivity contribution is 0.725. The Hall–Kier alpha value is -2.20. The van der Waals surface area contributed by atoms with Crippen molar-refractivity contribution >= 4 is 11.2 Å². The number of nitrogens with two attached hydrogens (primary N) is 1. The van der Waals surface area contributed by atoms with Crippen molar-refractivity contribution in [2.45, 2.75) is 19.9 Å². The summed E-state index contributed by atoms with van der Waals surface area (Å²) in [7, 11) is 0. The molecule has 4 nitrogen and oxygen atoms in total. The smallest absolute Gasteiger partial charge is 0.164 e. The number of imidazole rings is 1. The van der Waals surface area contributed by atoms with Gasteiger partial charge in [-0.25, -0.2) is 9.97 Å². The van der Waals surface area contributed by atoms with Crippen LogP contribution in [0.1, 0.15) is 24.4 Å². The predicted molar refractivity (Wildman–Crippen MR) is 76.2 cm³/mol. The third kappa shape index (κ3) is 2.00. The number of benzene rings is 1. The summed E-state index contributed by atoms with van der Waals surface area (Å²) < 4.78 is 2.03. The molecule has 19 heavy (non-hydrogen) atoms. The third-order valence-corrected chi connectivity index (χ3v) is 3.11. The van der Waals surface area contributed by atoms with Gasteiger partial charge in [-0.05, 0) is 43.7 Å². The maximum Gasteiger partial charge on any atom is 0.164 e. The average Bonchev–Trinajstić information content (AvgIpc) is 2.78. The zero-order chi connectivity index (χ0) is 13.4. The van der Waals surface area contributed by atoms with E-state index in [4.69, 9.17) is 5.73 Å². The summed E-state index contributed by atoms with van der Waals surface area (Å²) >= 11 is 0. The topological polar surface area (TPSA) is 56.7 Å². The van der Waals surface area contributed by atoms with Gasteiger partial charge in [-0.1, -0.05) is 12.1 Å². The minimum atomic E-state index is -0.144. The molecule has 0 amide bonds. The predicted octanol–water partition coefficient (Wildman–Crippen LogP) is 2.75. The monoisotopic (exact) mass is 252 g/mol. The number of aryl methyl sites for hydroxylation is 1. The maximum atomic E-state index is 6.04. The summed E-state index contributed by atoms with van der Waals surface area (Å²) in [6.45, 7) is 4.01. The average molecular weight is 252 g/mol. The second-order valence-corrected chi connectivity index (χ2v) is 4.78. The van der Waals surface area contributed by atoms with Crippen LogP contribution in [0.4, 0.5) is 0 Å². The Morgan fingerprint density at radius 1 is 1.21 bits per heavy atom. The Morgan fingerprint density at radius 2 is 2.05 bits per heavy atom. The number of rotatable bonds is 2. The van der Waals surface area contributed by atoms with Crippen molar-refractivity contribution in [1.82, 2.24) is 14.5 Å². The highest BCUT2D eigenvalue weighted by atomic mass is 15.1. The normalized spacial score (nSPS) is 12.8. The summed E-state index contributed by atoms with van der Waals surface area (Å²) in [5, 5.41) is 0. The van der Waals surface area contributed by atoms with Crippen molar-refractivity contribution in [3.63, 3.8) is 0 Å². The highest BCUT2D eigenvalue weighted by Crippen LogP contribution is 2.23. The Bertz CT molecular complexity index is 728. The van der Waals surface area contributed by atoms with E-state index in [1.165, 1.54) is 5.56 Å². The van der Waals surface area contributed by atoms with Crippen molar-refractivity contribution in [3.8, 4) is 5.69 Å². The molecule has 0 saturated carbocycles. The first-order valence-corrected chi connectivity index (χ1v) is 6.33. The van der Waals surface area contributed by atoms with Crippen LogP contribution in [0.15, 0.2) is 42.6 Å². The van der Waals surface area contributed by atoms with Gasteiger partial charge in [0.25, 0.3) is 0 Å². The zero-order valence-electron chi connectivity index (χ0n) is 11.0. The van der Waals surface area contributed by atoms with Crippen molar-refractivity contribution in [1.29, 1.82) is 0 Å². The first-order valence-electron chi connectivity index (χ1n) is 6.33. The molecule has 0 bridgehead atoms. The Morgan fingerprint density at radius 3 is 2.79 bits per heavy atom. The SMILES string of the molecule is Cc1cccc(-n2c(C(C)N)nc3cccnc32)c1. The quantitative estimate of drug-likeness (QED) is 0.763. The Kier molecular flexibility index (Phi) is 2.80. The molecule has 0 saturated heterocycles. The second-order valence-electron chi connectivity index (χ2n) is 4.78. The molecule has 0 aliphatic rings. The van der Waals surface area contributed by atoms with Gasteiger partial charge in [0.1, 0.15) is 11.3 Å². The molecule has 1 unspecified atom stereocenters. The van der Waals surface area contributed by atoms with Crippen molar-refractivity contribution in [2.75, 3.05) is 0 Å². The third-order valence-electron chi connectivity index (χ3n) is 3.11. The molecule has 4 heteroatoms. The molecule has 1 aromatic carbocycles. The fourth-order valence-electron chi connectivity index (χ4n) is 2.26. The van der Waals surface area contributed by atoms with Gasteiger partial charge in [-0.15, -0.1) is 0 Å². The molecule has 0 radical (unpaired) electrons. The summed E-state index contributed by atoms with van der Waals surface area (Å²) in [6.07, 6.45) is 1.78. The lowest BCUT2D eigenvalue weighted by Crippen LogP contribution is -2.12. The van der Waals surface area contributed by atoms with Gasteiger partial charge in [0.05, 0.1) is 6.04 Å². The van der Waals surface area contributed by atoms with E-state index in [-0.39, 0.29) is 6.04 Å². The molecule has 0 aliphatic carbocycles. The number of hydrogen-bond acceptors (Lipinski definition) is 3. The van der Waals surface area contributed by atoms with Gasteiger partial charge in [-0.3, -0.25) is 4.57 Å². The van der Waals surface area contributed by atoms with Gasteiger partial charge in [0, 0.05) is 11.9 Å². The minimum absolute atomic E-state index is 0.144. The molecule has 0 spiro atoms. The molecular formula is C15H16N4. The van der Waals surface area contributed by atoms with Crippen molar-refractivity contribution in [2.24, 2.45) is 5.73 Å². The Labute approximate surface area is 111 Å². The lowest BCUT2D eigenvalue weighted by Gasteiger charge is -2.11. The van der Waals surface area contributed by atoms with Crippen molar-refractivity contribution < 1.29 is 0 Å². The molecule has 0 fully saturated rings. The second kappa shape index (κ2) is 4.48. The van der Waals surface area contributed by atoms with Gasteiger partial charge in [0.15, 0.2) is 5.65 Å². The van der Waals surface area contributed by atoms with Crippen LogP contribution in [0.3, 0.4) is 0 Å². The fraction of sp³-hybridized carbons (Fsp3) is 0.200. The summed E-state index contributed by atoms with van der Waals surface area (Å²) in [4.78, 5) is 9.03. The Balaban J connectivity index is 2.34.